The minimum Gasteiger partial charge on any atom is -0.497 e. The first-order chi connectivity index (χ1) is 8.69. The summed E-state index contributed by atoms with van der Waals surface area (Å²) >= 11 is 0. The van der Waals surface area contributed by atoms with Gasteiger partial charge < -0.3 is 14.4 Å². The van der Waals surface area contributed by atoms with Crippen molar-refractivity contribution >= 4 is 5.95 Å². The van der Waals surface area contributed by atoms with Gasteiger partial charge in [-0.2, -0.15) is 0 Å². The largest absolute Gasteiger partial charge is 0.497 e. The summed E-state index contributed by atoms with van der Waals surface area (Å²) in [6.45, 7) is 0. The van der Waals surface area contributed by atoms with Crippen LogP contribution in [0.1, 0.15) is 0 Å². The summed E-state index contributed by atoms with van der Waals surface area (Å²) in [6.07, 6.45) is 0. The molecule has 0 aliphatic rings. The van der Waals surface area contributed by atoms with Gasteiger partial charge in [0.25, 0.3) is 5.95 Å². The molecule has 0 saturated heterocycles. The average Bonchev–Trinajstić information content (AvgIpc) is 2.40. The zero-order valence-corrected chi connectivity index (χ0v) is 10.4. The normalized spacial score (nSPS) is 9.94. The molecule has 0 aliphatic carbocycles. The molecule has 1 aromatic carbocycles. The monoisotopic (exact) mass is 247 g/mol. The van der Waals surface area contributed by atoms with Gasteiger partial charge in [-0.15, -0.1) is 10.2 Å². The van der Waals surface area contributed by atoms with Gasteiger partial charge in [-0.25, -0.2) is 0 Å². The predicted molar refractivity (Wildman–Crippen MR) is 65.0 cm³/mol. The molecule has 94 valence electrons. The number of hydrogen-bond acceptors (Lipinski definition) is 7. The summed E-state index contributed by atoms with van der Waals surface area (Å²) < 4.78 is 10.4. The molecule has 18 heavy (non-hydrogen) atoms. The maximum Gasteiger partial charge on any atom is 0.360 e. The standard InChI is InChI=1S/C11H13N5O2/c1-16(2)10-12-14-11(15-13-10)18-9-6-4-8(17-3)5-7-9/h4-7H,1-3H3. The maximum atomic E-state index is 5.39. The van der Waals surface area contributed by atoms with Crippen molar-refractivity contribution in [3.63, 3.8) is 0 Å². The fourth-order valence-electron chi connectivity index (χ4n) is 1.18. The second-order valence-corrected chi connectivity index (χ2v) is 3.65. The van der Waals surface area contributed by atoms with Crippen LogP contribution < -0.4 is 14.4 Å². The number of ether oxygens (including phenoxy) is 2. The molecule has 0 unspecified atom stereocenters. The van der Waals surface area contributed by atoms with Crippen molar-refractivity contribution in [2.45, 2.75) is 0 Å². The number of rotatable bonds is 4. The average molecular weight is 247 g/mol. The molecular weight excluding hydrogens is 234 g/mol. The topological polar surface area (TPSA) is 73.3 Å². The summed E-state index contributed by atoms with van der Waals surface area (Å²) in [5.74, 6) is 1.77. The first-order valence-corrected chi connectivity index (χ1v) is 5.25. The van der Waals surface area contributed by atoms with Crippen LogP contribution in [0.3, 0.4) is 0 Å². The molecule has 0 N–H and O–H groups in total. The molecule has 0 fully saturated rings. The van der Waals surface area contributed by atoms with E-state index in [0.29, 0.717) is 11.7 Å². The van der Waals surface area contributed by atoms with E-state index in [1.165, 1.54) is 0 Å². The van der Waals surface area contributed by atoms with E-state index < -0.39 is 0 Å². The second kappa shape index (κ2) is 5.26. The Morgan fingerprint density at radius 2 is 1.44 bits per heavy atom. The second-order valence-electron chi connectivity index (χ2n) is 3.65. The van der Waals surface area contributed by atoms with E-state index in [9.17, 15) is 0 Å². The lowest BCUT2D eigenvalue weighted by Gasteiger charge is -2.08. The molecule has 0 aliphatic heterocycles. The molecule has 2 rings (SSSR count). The Morgan fingerprint density at radius 3 is 1.94 bits per heavy atom. The molecule has 7 nitrogen and oxygen atoms in total. The Labute approximate surface area is 104 Å². The van der Waals surface area contributed by atoms with E-state index in [2.05, 4.69) is 20.4 Å². The van der Waals surface area contributed by atoms with E-state index in [1.54, 1.807) is 36.3 Å². The third-order valence-electron chi connectivity index (χ3n) is 2.12. The van der Waals surface area contributed by atoms with Gasteiger partial charge in [-0.1, -0.05) is 10.2 Å². The highest BCUT2D eigenvalue weighted by atomic mass is 16.5. The van der Waals surface area contributed by atoms with Gasteiger partial charge in [-0.3, -0.25) is 0 Å². The first-order valence-electron chi connectivity index (χ1n) is 5.25. The molecule has 0 saturated carbocycles. The summed E-state index contributed by atoms with van der Waals surface area (Å²) in [4.78, 5) is 1.71. The van der Waals surface area contributed by atoms with Crippen LogP contribution in [0.5, 0.6) is 17.5 Å². The fourth-order valence-corrected chi connectivity index (χ4v) is 1.18. The van der Waals surface area contributed by atoms with Crippen LogP contribution >= 0.6 is 0 Å². The third kappa shape index (κ3) is 2.82. The lowest BCUT2D eigenvalue weighted by molar-refractivity contribution is 0.407. The highest BCUT2D eigenvalue weighted by Crippen LogP contribution is 2.20. The van der Waals surface area contributed by atoms with Crippen molar-refractivity contribution in [2.75, 3.05) is 26.1 Å². The van der Waals surface area contributed by atoms with Gasteiger partial charge >= 0.3 is 6.01 Å². The van der Waals surface area contributed by atoms with Crippen molar-refractivity contribution in [2.24, 2.45) is 0 Å². The van der Waals surface area contributed by atoms with Crippen LogP contribution in [0.15, 0.2) is 24.3 Å². The number of hydrogen-bond donors (Lipinski definition) is 0. The van der Waals surface area contributed by atoms with Gasteiger partial charge in [0.2, 0.25) is 0 Å². The number of methoxy groups -OCH3 is 1. The van der Waals surface area contributed by atoms with Crippen LogP contribution in [-0.2, 0) is 0 Å². The molecule has 0 radical (unpaired) electrons. The summed E-state index contributed by atoms with van der Waals surface area (Å²) in [7, 11) is 5.22. The number of anilines is 1. The highest BCUT2D eigenvalue weighted by Gasteiger charge is 2.05. The molecule has 0 amide bonds. The van der Waals surface area contributed by atoms with E-state index >= 15 is 0 Å². The van der Waals surface area contributed by atoms with E-state index in [1.807, 2.05) is 14.1 Å². The van der Waals surface area contributed by atoms with Crippen LogP contribution in [0.2, 0.25) is 0 Å². The maximum absolute atomic E-state index is 5.39. The molecule has 1 aromatic heterocycles. The van der Waals surface area contributed by atoms with Crippen LogP contribution in [-0.4, -0.2) is 41.6 Å². The van der Waals surface area contributed by atoms with E-state index in [-0.39, 0.29) is 6.01 Å². The SMILES string of the molecule is COc1ccc(Oc2nnc(N(C)C)nn2)cc1. The van der Waals surface area contributed by atoms with Crippen molar-refractivity contribution < 1.29 is 9.47 Å². The Balaban J connectivity index is 2.08. The van der Waals surface area contributed by atoms with E-state index in [4.69, 9.17) is 9.47 Å². The number of nitrogens with zero attached hydrogens (tertiary/aromatic N) is 5. The molecule has 0 bridgehead atoms. The first kappa shape index (κ1) is 12.0. The minimum atomic E-state index is 0.103. The van der Waals surface area contributed by atoms with Crippen LogP contribution in [0.4, 0.5) is 5.95 Å². The quantitative estimate of drug-likeness (QED) is 0.801. The van der Waals surface area contributed by atoms with E-state index in [0.717, 1.165) is 5.75 Å². The Kier molecular flexibility index (Phi) is 3.52. The lowest BCUT2D eigenvalue weighted by atomic mass is 10.3. The summed E-state index contributed by atoms with van der Waals surface area (Å²) in [6, 6.07) is 7.17. The highest BCUT2D eigenvalue weighted by molar-refractivity contribution is 5.32. The van der Waals surface area contributed by atoms with Gasteiger partial charge in [0.05, 0.1) is 7.11 Å². The van der Waals surface area contributed by atoms with Gasteiger partial charge in [0.15, 0.2) is 0 Å². The van der Waals surface area contributed by atoms with Crippen molar-refractivity contribution in [3.8, 4) is 17.5 Å². The molecule has 7 heteroatoms. The van der Waals surface area contributed by atoms with Gasteiger partial charge in [0, 0.05) is 14.1 Å². The van der Waals surface area contributed by atoms with Gasteiger partial charge in [0.1, 0.15) is 11.5 Å². The Bertz CT molecular complexity index is 498. The smallest absolute Gasteiger partial charge is 0.360 e. The molecule has 0 spiro atoms. The molecule has 2 aromatic rings. The Hall–Kier alpha value is -2.44. The number of aromatic nitrogens is 4. The zero-order valence-electron chi connectivity index (χ0n) is 10.4. The predicted octanol–water partition coefficient (Wildman–Crippen LogP) is 1.13. The third-order valence-corrected chi connectivity index (χ3v) is 2.12. The van der Waals surface area contributed by atoms with Gasteiger partial charge in [-0.05, 0) is 24.3 Å². The zero-order chi connectivity index (χ0) is 13.0. The van der Waals surface area contributed by atoms with Crippen molar-refractivity contribution in [1.82, 2.24) is 20.4 Å². The lowest BCUT2D eigenvalue weighted by Crippen LogP contribution is -2.14. The summed E-state index contributed by atoms with van der Waals surface area (Å²) in [5.41, 5.74) is 0. The molecule has 1 heterocycles. The van der Waals surface area contributed by atoms with Crippen molar-refractivity contribution in [3.05, 3.63) is 24.3 Å². The van der Waals surface area contributed by atoms with Crippen LogP contribution in [0, 0.1) is 0 Å². The van der Waals surface area contributed by atoms with Crippen LogP contribution in [0.25, 0.3) is 0 Å². The number of benzene rings is 1. The fraction of sp³-hybridized carbons (Fsp3) is 0.273. The molecule has 0 atom stereocenters. The summed E-state index contributed by atoms with van der Waals surface area (Å²) in [5, 5.41) is 15.4. The Morgan fingerprint density at radius 1 is 0.889 bits per heavy atom. The minimum absolute atomic E-state index is 0.103. The molecular formula is C11H13N5O2. The van der Waals surface area contributed by atoms with Crippen molar-refractivity contribution in [1.29, 1.82) is 0 Å².